The zero-order valence-corrected chi connectivity index (χ0v) is 11.4. The summed E-state index contributed by atoms with van der Waals surface area (Å²) in [6, 6.07) is 9.03. The molecule has 2 aromatic rings. The fraction of sp³-hybridized carbons (Fsp3) is 0. The predicted octanol–water partition coefficient (Wildman–Crippen LogP) is 5.90. The smallest absolute Gasteiger partial charge is 0.142 e. The van der Waals surface area contributed by atoms with Gasteiger partial charge in [-0.05, 0) is 24.3 Å². The Morgan fingerprint density at radius 3 is 2.35 bits per heavy atom. The SMILES string of the molecule is Clc1ccc2c(c1)Sc1cc(Cl)c(Cl)cc1O2. The first-order valence-electron chi connectivity index (χ1n) is 4.78. The molecular weight excluding hydrogens is 299 g/mol. The molecule has 0 aliphatic carbocycles. The third-order valence-electron chi connectivity index (χ3n) is 2.33. The van der Waals surface area contributed by atoms with E-state index in [1.807, 2.05) is 12.1 Å². The number of hydrogen-bond acceptors (Lipinski definition) is 2. The molecule has 0 bridgehead atoms. The van der Waals surface area contributed by atoms with Crippen LogP contribution >= 0.6 is 46.6 Å². The zero-order valence-electron chi connectivity index (χ0n) is 8.34. The second-order valence-corrected chi connectivity index (χ2v) is 5.84. The molecule has 0 saturated carbocycles. The van der Waals surface area contributed by atoms with E-state index in [-0.39, 0.29) is 0 Å². The van der Waals surface area contributed by atoms with Crippen molar-refractivity contribution in [2.75, 3.05) is 0 Å². The van der Waals surface area contributed by atoms with Gasteiger partial charge < -0.3 is 4.74 Å². The van der Waals surface area contributed by atoms with Gasteiger partial charge in [0.2, 0.25) is 0 Å². The molecule has 0 amide bonds. The Labute approximate surface area is 118 Å². The number of benzene rings is 2. The van der Waals surface area contributed by atoms with Crippen molar-refractivity contribution in [3.05, 3.63) is 45.4 Å². The van der Waals surface area contributed by atoms with Crippen molar-refractivity contribution in [2.24, 2.45) is 0 Å². The molecule has 0 unspecified atom stereocenters. The molecule has 0 aromatic heterocycles. The molecule has 1 aliphatic heterocycles. The molecule has 5 heteroatoms. The molecule has 0 radical (unpaired) electrons. The number of fused-ring (bicyclic) bond motifs is 2. The summed E-state index contributed by atoms with van der Waals surface area (Å²) in [5, 5.41) is 1.69. The topological polar surface area (TPSA) is 9.23 Å². The van der Waals surface area contributed by atoms with Gasteiger partial charge in [-0.15, -0.1) is 0 Å². The van der Waals surface area contributed by atoms with Crippen LogP contribution in [0.3, 0.4) is 0 Å². The van der Waals surface area contributed by atoms with Gasteiger partial charge in [-0.3, -0.25) is 0 Å². The molecule has 86 valence electrons. The highest BCUT2D eigenvalue weighted by Gasteiger charge is 2.19. The van der Waals surface area contributed by atoms with Crippen LogP contribution in [0.2, 0.25) is 15.1 Å². The van der Waals surface area contributed by atoms with Crippen molar-refractivity contribution in [3.63, 3.8) is 0 Å². The van der Waals surface area contributed by atoms with Crippen molar-refractivity contribution < 1.29 is 4.74 Å². The van der Waals surface area contributed by atoms with E-state index < -0.39 is 0 Å². The monoisotopic (exact) mass is 302 g/mol. The summed E-state index contributed by atoms with van der Waals surface area (Å²) in [6.07, 6.45) is 0. The second kappa shape index (κ2) is 4.29. The van der Waals surface area contributed by atoms with Gasteiger partial charge in [0.15, 0.2) is 0 Å². The maximum absolute atomic E-state index is 5.98. The molecule has 1 aliphatic rings. The number of halogens is 3. The highest BCUT2D eigenvalue weighted by atomic mass is 35.5. The molecule has 0 saturated heterocycles. The summed E-state index contributed by atoms with van der Waals surface area (Å²) < 4.78 is 5.75. The van der Waals surface area contributed by atoms with Gasteiger partial charge in [0.1, 0.15) is 11.5 Å². The summed E-state index contributed by atoms with van der Waals surface area (Å²) in [4.78, 5) is 1.91. The summed E-state index contributed by atoms with van der Waals surface area (Å²) in [5.41, 5.74) is 0. The largest absolute Gasteiger partial charge is 0.455 e. The molecule has 0 fully saturated rings. The van der Waals surface area contributed by atoms with Gasteiger partial charge in [-0.2, -0.15) is 0 Å². The van der Waals surface area contributed by atoms with Crippen molar-refractivity contribution in [3.8, 4) is 11.5 Å². The first-order valence-corrected chi connectivity index (χ1v) is 6.73. The molecule has 17 heavy (non-hydrogen) atoms. The summed E-state index contributed by atoms with van der Waals surface area (Å²) >= 11 is 19.4. The predicted molar refractivity (Wildman–Crippen MR) is 72.1 cm³/mol. The van der Waals surface area contributed by atoms with E-state index in [1.54, 1.807) is 30.0 Å². The molecule has 3 rings (SSSR count). The average molecular weight is 304 g/mol. The van der Waals surface area contributed by atoms with Crippen molar-refractivity contribution in [2.45, 2.75) is 9.79 Å². The van der Waals surface area contributed by atoms with Crippen LogP contribution in [0.25, 0.3) is 0 Å². The van der Waals surface area contributed by atoms with Crippen LogP contribution in [0, 0.1) is 0 Å². The van der Waals surface area contributed by atoms with Crippen molar-refractivity contribution in [1.29, 1.82) is 0 Å². The van der Waals surface area contributed by atoms with Gasteiger partial charge in [-0.25, -0.2) is 0 Å². The Kier molecular flexibility index (Phi) is 2.91. The average Bonchev–Trinajstić information content (AvgIpc) is 2.28. The fourth-order valence-corrected chi connectivity index (χ4v) is 3.18. The molecule has 0 atom stereocenters. The minimum atomic E-state index is 0.489. The fourth-order valence-electron chi connectivity index (χ4n) is 1.55. The highest BCUT2D eigenvalue weighted by Crippen LogP contribution is 2.49. The third kappa shape index (κ3) is 2.11. The van der Waals surface area contributed by atoms with E-state index in [1.165, 1.54) is 0 Å². The van der Waals surface area contributed by atoms with E-state index in [9.17, 15) is 0 Å². The Hall–Kier alpha value is -0.540. The first-order chi connectivity index (χ1) is 8.13. The van der Waals surface area contributed by atoms with Gasteiger partial charge in [0.25, 0.3) is 0 Å². The summed E-state index contributed by atoms with van der Waals surface area (Å²) in [5.74, 6) is 1.50. The van der Waals surface area contributed by atoms with Gasteiger partial charge in [-0.1, -0.05) is 46.6 Å². The normalized spacial score (nSPS) is 12.6. The lowest BCUT2D eigenvalue weighted by Gasteiger charge is -2.20. The third-order valence-corrected chi connectivity index (χ3v) is 4.37. The molecule has 0 N–H and O–H groups in total. The van der Waals surface area contributed by atoms with Crippen molar-refractivity contribution in [1.82, 2.24) is 0 Å². The molecule has 0 spiro atoms. The van der Waals surface area contributed by atoms with Crippen LogP contribution in [0.5, 0.6) is 11.5 Å². The van der Waals surface area contributed by atoms with Crippen LogP contribution in [-0.4, -0.2) is 0 Å². The lowest BCUT2D eigenvalue weighted by molar-refractivity contribution is 0.454. The van der Waals surface area contributed by atoms with Crippen LogP contribution in [-0.2, 0) is 0 Å². The molecular formula is C12H5Cl3OS. The van der Waals surface area contributed by atoms with E-state index in [0.29, 0.717) is 15.1 Å². The second-order valence-electron chi connectivity index (χ2n) is 3.51. The van der Waals surface area contributed by atoms with E-state index in [0.717, 1.165) is 21.3 Å². The molecule has 2 aromatic carbocycles. The summed E-state index contributed by atoms with van der Waals surface area (Å²) in [6.45, 7) is 0. The quantitative estimate of drug-likeness (QED) is 0.511. The molecule has 1 nitrogen and oxygen atoms in total. The van der Waals surface area contributed by atoms with Crippen LogP contribution in [0.1, 0.15) is 0 Å². The first kappa shape index (κ1) is 11.5. The van der Waals surface area contributed by atoms with Crippen LogP contribution < -0.4 is 4.74 Å². The number of hydrogen-bond donors (Lipinski definition) is 0. The minimum absolute atomic E-state index is 0.489. The number of rotatable bonds is 0. The van der Waals surface area contributed by atoms with Gasteiger partial charge in [0.05, 0.1) is 19.8 Å². The summed E-state index contributed by atoms with van der Waals surface area (Å²) in [7, 11) is 0. The van der Waals surface area contributed by atoms with Gasteiger partial charge >= 0.3 is 0 Å². The van der Waals surface area contributed by atoms with E-state index >= 15 is 0 Å². The van der Waals surface area contributed by atoms with Crippen LogP contribution in [0.4, 0.5) is 0 Å². The lowest BCUT2D eigenvalue weighted by atomic mass is 10.3. The standard InChI is InChI=1S/C12H5Cl3OS/c13-6-1-2-9-11(3-6)17-12-5-8(15)7(14)4-10(12)16-9/h1-5H. The van der Waals surface area contributed by atoms with Crippen LogP contribution in [0.15, 0.2) is 40.1 Å². The maximum atomic E-state index is 5.98. The highest BCUT2D eigenvalue weighted by molar-refractivity contribution is 7.99. The van der Waals surface area contributed by atoms with Crippen molar-refractivity contribution >= 4 is 46.6 Å². The Morgan fingerprint density at radius 2 is 1.53 bits per heavy atom. The lowest BCUT2D eigenvalue weighted by Crippen LogP contribution is -1.95. The Balaban J connectivity index is 2.11. The maximum Gasteiger partial charge on any atom is 0.142 e. The van der Waals surface area contributed by atoms with E-state index in [2.05, 4.69) is 0 Å². The number of ether oxygens (including phenoxy) is 1. The van der Waals surface area contributed by atoms with Gasteiger partial charge in [0, 0.05) is 11.1 Å². The molecule has 1 heterocycles. The minimum Gasteiger partial charge on any atom is -0.455 e. The van der Waals surface area contributed by atoms with E-state index in [4.69, 9.17) is 39.5 Å². The Morgan fingerprint density at radius 1 is 0.824 bits per heavy atom. The Bertz CT molecular complexity index is 613. The zero-order chi connectivity index (χ0) is 12.0.